The van der Waals surface area contributed by atoms with Gasteiger partial charge in [-0.25, -0.2) is 0 Å². The van der Waals surface area contributed by atoms with E-state index >= 15 is 0 Å². The number of aliphatic hydroxyl groups excluding tert-OH is 1. The molecule has 86 valence electrons. The average molecular weight is 241 g/mol. The zero-order chi connectivity index (χ0) is 12.1. The summed E-state index contributed by atoms with van der Waals surface area (Å²) in [6, 6.07) is 5.57. The molecule has 0 fully saturated rings. The molecule has 0 saturated carbocycles. The Morgan fingerprint density at radius 2 is 2.12 bits per heavy atom. The fraction of sp³-hybridized carbons (Fsp3) is 0.300. The number of benzene rings is 1. The van der Waals surface area contributed by atoms with Gasteiger partial charge in [0.25, 0.3) is 6.04 Å². The van der Waals surface area contributed by atoms with Gasteiger partial charge in [-0.05, 0) is 29.9 Å². The molecule has 0 heterocycles. The van der Waals surface area contributed by atoms with E-state index in [1.54, 1.807) is 24.3 Å². The lowest BCUT2D eigenvalue weighted by Crippen LogP contribution is -2.30. The molecule has 0 saturated heterocycles. The SMILES string of the molecule is COc1ccc(CC(C(O)=S)[N+](=O)[O-])cc1. The summed E-state index contributed by atoms with van der Waals surface area (Å²) in [5.41, 5.74) is 0.721. The van der Waals surface area contributed by atoms with E-state index in [0.29, 0.717) is 5.75 Å². The van der Waals surface area contributed by atoms with E-state index in [1.807, 2.05) is 0 Å². The van der Waals surface area contributed by atoms with Crippen molar-refractivity contribution in [2.75, 3.05) is 7.11 Å². The summed E-state index contributed by atoms with van der Waals surface area (Å²) in [7, 11) is 1.54. The van der Waals surface area contributed by atoms with Gasteiger partial charge < -0.3 is 9.84 Å². The highest BCUT2D eigenvalue weighted by atomic mass is 32.1. The van der Waals surface area contributed by atoms with Crippen LogP contribution in [-0.4, -0.2) is 28.2 Å². The number of hydrogen-bond donors (Lipinski definition) is 1. The molecule has 1 rings (SSSR count). The second kappa shape index (κ2) is 5.41. The van der Waals surface area contributed by atoms with Crippen LogP contribution in [0, 0.1) is 10.1 Å². The average Bonchev–Trinajstić information content (AvgIpc) is 2.25. The maximum absolute atomic E-state index is 10.6. The summed E-state index contributed by atoms with van der Waals surface area (Å²) in [6.07, 6.45) is 0.0757. The first-order valence-corrected chi connectivity index (χ1v) is 4.94. The van der Waals surface area contributed by atoms with Crippen LogP contribution in [0.25, 0.3) is 0 Å². The van der Waals surface area contributed by atoms with Crippen molar-refractivity contribution in [2.45, 2.75) is 12.5 Å². The fourth-order valence-corrected chi connectivity index (χ4v) is 1.41. The van der Waals surface area contributed by atoms with Crippen molar-refractivity contribution in [1.82, 2.24) is 0 Å². The van der Waals surface area contributed by atoms with Crippen LogP contribution in [0.5, 0.6) is 5.75 Å². The summed E-state index contributed by atoms with van der Waals surface area (Å²) < 4.78 is 4.96. The number of methoxy groups -OCH3 is 1. The van der Waals surface area contributed by atoms with Crippen molar-refractivity contribution in [3.8, 4) is 5.75 Å². The van der Waals surface area contributed by atoms with Gasteiger partial charge in [0.2, 0.25) is 5.05 Å². The van der Waals surface area contributed by atoms with Gasteiger partial charge in [0.15, 0.2) is 0 Å². The van der Waals surface area contributed by atoms with Gasteiger partial charge in [-0.2, -0.15) is 0 Å². The van der Waals surface area contributed by atoms with Crippen LogP contribution in [0.15, 0.2) is 24.3 Å². The second-order valence-corrected chi connectivity index (χ2v) is 3.61. The minimum atomic E-state index is -1.23. The van der Waals surface area contributed by atoms with Crippen LogP contribution >= 0.6 is 12.2 Å². The van der Waals surface area contributed by atoms with Gasteiger partial charge in [0.05, 0.1) is 7.11 Å². The maximum Gasteiger partial charge on any atom is 0.283 e. The third kappa shape index (κ3) is 3.16. The van der Waals surface area contributed by atoms with E-state index in [0.717, 1.165) is 5.56 Å². The molecule has 16 heavy (non-hydrogen) atoms. The Morgan fingerprint density at radius 1 is 1.56 bits per heavy atom. The Hall–Kier alpha value is -1.69. The molecule has 0 bridgehead atoms. The van der Waals surface area contributed by atoms with Crippen molar-refractivity contribution in [3.05, 3.63) is 39.9 Å². The first kappa shape index (κ1) is 12.4. The highest BCUT2D eigenvalue weighted by molar-refractivity contribution is 7.80. The minimum absolute atomic E-state index is 0.0757. The van der Waals surface area contributed by atoms with Gasteiger partial charge in [-0.3, -0.25) is 10.1 Å². The zero-order valence-electron chi connectivity index (χ0n) is 8.62. The van der Waals surface area contributed by atoms with Crippen molar-refractivity contribution in [1.29, 1.82) is 0 Å². The molecule has 1 aromatic carbocycles. The molecule has 0 aliphatic carbocycles. The topological polar surface area (TPSA) is 72.6 Å². The predicted molar refractivity (Wildman–Crippen MR) is 62.7 cm³/mol. The monoisotopic (exact) mass is 241 g/mol. The largest absolute Gasteiger partial charge is 0.497 e. The first-order valence-electron chi connectivity index (χ1n) is 4.54. The summed E-state index contributed by atoms with van der Waals surface area (Å²) in [5.74, 6) is 0.674. The highest BCUT2D eigenvalue weighted by Gasteiger charge is 2.25. The Balaban J connectivity index is 2.77. The molecule has 1 unspecified atom stereocenters. The number of aliphatic hydroxyl groups is 1. The summed E-state index contributed by atoms with van der Waals surface area (Å²) in [6.45, 7) is 0. The molecule has 5 nitrogen and oxygen atoms in total. The smallest absolute Gasteiger partial charge is 0.283 e. The van der Waals surface area contributed by atoms with Crippen LogP contribution in [-0.2, 0) is 6.42 Å². The van der Waals surface area contributed by atoms with E-state index < -0.39 is 16.0 Å². The Bertz CT molecular complexity index is 376. The maximum atomic E-state index is 10.6. The van der Waals surface area contributed by atoms with Crippen molar-refractivity contribution >= 4 is 17.3 Å². The van der Waals surface area contributed by atoms with E-state index in [-0.39, 0.29) is 6.42 Å². The number of ether oxygens (including phenoxy) is 1. The number of nitrogens with zero attached hydrogens (tertiary/aromatic N) is 1. The molecule has 1 N–H and O–H groups in total. The molecule has 0 spiro atoms. The normalized spacial score (nSPS) is 11.8. The number of thiocarbonyl (C=S) groups is 1. The van der Waals surface area contributed by atoms with Crippen LogP contribution in [0.3, 0.4) is 0 Å². The fourth-order valence-electron chi connectivity index (χ4n) is 1.24. The second-order valence-electron chi connectivity index (χ2n) is 3.19. The van der Waals surface area contributed by atoms with Gasteiger partial charge in [0.1, 0.15) is 5.75 Å². The Morgan fingerprint density at radius 3 is 2.50 bits per heavy atom. The van der Waals surface area contributed by atoms with Crippen LogP contribution in [0.2, 0.25) is 0 Å². The molecule has 0 radical (unpaired) electrons. The molecule has 0 aliphatic heterocycles. The van der Waals surface area contributed by atoms with Crippen molar-refractivity contribution in [2.24, 2.45) is 0 Å². The lowest BCUT2D eigenvalue weighted by molar-refractivity contribution is -0.503. The third-order valence-electron chi connectivity index (χ3n) is 2.13. The van der Waals surface area contributed by atoms with Gasteiger partial charge >= 0.3 is 0 Å². The highest BCUT2D eigenvalue weighted by Crippen LogP contribution is 2.13. The Labute approximate surface area is 97.8 Å². The van der Waals surface area contributed by atoms with Crippen LogP contribution in [0.4, 0.5) is 0 Å². The number of rotatable bonds is 5. The molecular weight excluding hydrogens is 230 g/mol. The molecule has 0 aliphatic rings. The standard InChI is InChI=1S/C10H11NO4S/c1-15-8-4-2-7(3-5-8)6-9(10(12)16)11(13)14/h2-5,9H,6H2,1H3,(H,12,16). The van der Waals surface area contributed by atoms with Crippen LogP contribution < -0.4 is 4.74 Å². The van der Waals surface area contributed by atoms with Crippen molar-refractivity contribution < 1.29 is 14.8 Å². The molecule has 1 atom stereocenters. The molecule has 6 heteroatoms. The molecule has 0 aromatic heterocycles. The third-order valence-corrected chi connectivity index (χ3v) is 2.40. The van der Waals surface area contributed by atoms with Gasteiger partial charge in [-0.1, -0.05) is 12.1 Å². The predicted octanol–water partition coefficient (Wildman–Crippen LogP) is 1.77. The first-order chi connectivity index (χ1) is 7.54. The molecule has 0 amide bonds. The summed E-state index contributed by atoms with van der Waals surface area (Å²) in [5, 5.41) is 19.0. The van der Waals surface area contributed by atoms with E-state index in [1.165, 1.54) is 7.11 Å². The number of hydrogen-bond acceptors (Lipinski definition) is 4. The Kier molecular flexibility index (Phi) is 4.19. The van der Waals surface area contributed by atoms with Crippen molar-refractivity contribution in [3.63, 3.8) is 0 Å². The number of nitro groups is 1. The minimum Gasteiger partial charge on any atom is -0.497 e. The molecular formula is C10H11NO4S. The lowest BCUT2D eigenvalue weighted by Gasteiger charge is -2.07. The summed E-state index contributed by atoms with van der Waals surface area (Å²) in [4.78, 5) is 10.0. The molecule has 1 aromatic rings. The van der Waals surface area contributed by atoms with Gasteiger partial charge in [-0.15, -0.1) is 0 Å². The van der Waals surface area contributed by atoms with E-state index in [4.69, 9.17) is 9.84 Å². The quantitative estimate of drug-likeness (QED) is 0.483. The zero-order valence-corrected chi connectivity index (χ0v) is 9.44. The van der Waals surface area contributed by atoms with Crippen LogP contribution in [0.1, 0.15) is 5.56 Å². The van der Waals surface area contributed by atoms with E-state index in [9.17, 15) is 10.1 Å². The summed E-state index contributed by atoms with van der Waals surface area (Å²) >= 11 is 4.43. The lowest BCUT2D eigenvalue weighted by atomic mass is 10.1. The van der Waals surface area contributed by atoms with E-state index in [2.05, 4.69) is 12.2 Å². The van der Waals surface area contributed by atoms with Gasteiger partial charge in [0, 0.05) is 11.3 Å².